The van der Waals surface area contributed by atoms with Crippen LogP contribution >= 0.6 is 11.3 Å². The third kappa shape index (κ3) is 5.11. The van der Waals surface area contributed by atoms with Gasteiger partial charge in [0.15, 0.2) is 15.0 Å². The summed E-state index contributed by atoms with van der Waals surface area (Å²) < 4.78 is 24.2. The first-order valence-electron chi connectivity index (χ1n) is 10.0. The molecule has 7 nitrogen and oxygen atoms in total. The molecule has 1 unspecified atom stereocenters. The topological polar surface area (TPSA) is 96.4 Å². The normalized spacial score (nSPS) is 16.9. The Labute approximate surface area is 185 Å². The molecular weight excluding hydrogens is 434 g/mol. The van der Waals surface area contributed by atoms with Gasteiger partial charge in [0.2, 0.25) is 11.8 Å². The van der Waals surface area contributed by atoms with E-state index in [1.54, 1.807) is 17.0 Å². The first-order valence-corrected chi connectivity index (χ1v) is 12.7. The highest BCUT2D eigenvalue weighted by atomic mass is 32.2. The fourth-order valence-electron chi connectivity index (χ4n) is 3.70. The van der Waals surface area contributed by atoms with Crippen LogP contribution in [0.25, 0.3) is 10.2 Å². The lowest BCUT2D eigenvalue weighted by Gasteiger charge is -2.32. The highest BCUT2D eigenvalue weighted by molar-refractivity contribution is 7.90. The average molecular weight is 458 g/mol. The van der Waals surface area contributed by atoms with E-state index in [9.17, 15) is 18.0 Å². The lowest BCUT2D eigenvalue weighted by Crippen LogP contribution is -2.44. The third-order valence-corrected chi connectivity index (χ3v) is 7.41. The fourth-order valence-corrected chi connectivity index (χ4v) is 5.33. The van der Waals surface area contributed by atoms with Gasteiger partial charge in [-0.2, -0.15) is 0 Å². The smallest absolute Gasteiger partial charge is 0.231 e. The Morgan fingerprint density at radius 2 is 1.97 bits per heavy atom. The highest BCUT2D eigenvalue weighted by Crippen LogP contribution is 2.29. The van der Waals surface area contributed by atoms with Crippen molar-refractivity contribution in [2.75, 3.05) is 24.7 Å². The molecule has 1 fully saturated rings. The van der Waals surface area contributed by atoms with Gasteiger partial charge in [-0.1, -0.05) is 41.7 Å². The summed E-state index contributed by atoms with van der Waals surface area (Å²) in [7, 11) is -3.31. The van der Waals surface area contributed by atoms with Gasteiger partial charge >= 0.3 is 0 Å². The third-order valence-electron chi connectivity index (χ3n) is 5.36. The van der Waals surface area contributed by atoms with Gasteiger partial charge in [0.1, 0.15) is 0 Å². The maximum Gasteiger partial charge on any atom is 0.231 e. The standard InChI is InChI=1S/C22H23N3O4S2/c1-31(28,29)17-9-10-18-19(13-17)30-22(23-18)24-21(27)16-8-5-11-25(14-16)20(26)12-15-6-3-2-4-7-15/h2-4,6-7,9-10,13,16H,5,8,11-12,14H2,1H3,(H,23,24,27). The number of anilines is 1. The van der Waals surface area contributed by atoms with E-state index < -0.39 is 9.84 Å². The van der Waals surface area contributed by atoms with Crippen LogP contribution in [0.1, 0.15) is 18.4 Å². The number of fused-ring (bicyclic) bond motifs is 1. The first kappa shape index (κ1) is 21.5. The van der Waals surface area contributed by atoms with Crippen molar-refractivity contribution in [2.24, 2.45) is 5.92 Å². The Morgan fingerprint density at radius 1 is 1.19 bits per heavy atom. The number of likely N-dealkylation sites (tertiary alicyclic amines) is 1. The molecule has 0 saturated carbocycles. The van der Waals surface area contributed by atoms with Crippen molar-refractivity contribution < 1.29 is 18.0 Å². The number of benzene rings is 2. The summed E-state index contributed by atoms with van der Waals surface area (Å²) in [5.74, 6) is -0.441. The number of carbonyl (C=O) groups is 2. The Bertz CT molecular complexity index is 1220. The van der Waals surface area contributed by atoms with Crippen LogP contribution < -0.4 is 5.32 Å². The monoisotopic (exact) mass is 457 g/mol. The molecule has 0 bridgehead atoms. The van der Waals surface area contributed by atoms with Crippen LogP contribution in [0.3, 0.4) is 0 Å². The number of thiazole rings is 1. The van der Waals surface area contributed by atoms with E-state index in [4.69, 9.17) is 0 Å². The fraction of sp³-hybridized carbons (Fsp3) is 0.318. The molecule has 3 aromatic rings. The van der Waals surface area contributed by atoms with Gasteiger partial charge in [-0.3, -0.25) is 9.59 Å². The SMILES string of the molecule is CS(=O)(=O)c1ccc2nc(NC(=O)C3CCCN(C(=O)Cc4ccccc4)C3)sc2c1. The van der Waals surface area contributed by atoms with Crippen molar-refractivity contribution in [3.63, 3.8) is 0 Å². The molecule has 1 N–H and O–H groups in total. The van der Waals surface area contributed by atoms with E-state index in [0.717, 1.165) is 18.2 Å². The maximum atomic E-state index is 12.8. The number of hydrogen-bond acceptors (Lipinski definition) is 6. The van der Waals surface area contributed by atoms with Crippen molar-refractivity contribution >= 4 is 48.3 Å². The second-order valence-corrected chi connectivity index (χ2v) is 10.8. The van der Waals surface area contributed by atoms with Crippen molar-refractivity contribution in [2.45, 2.75) is 24.2 Å². The molecule has 1 aromatic heterocycles. The molecule has 1 aliphatic rings. The number of amides is 2. The summed E-state index contributed by atoms with van der Waals surface area (Å²) in [4.78, 5) is 31.9. The highest BCUT2D eigenvalue weighted by Gasteiger charge is 2.29. The first-order chi connectivity index (χ1) is 14.8. The number of sulfone groups is 1. The van der Waals surface area contributed by atoms with Crippen LogP contribution in [0.5, 0.6) is 0 Å². The van der Waals surface area contributed by atoms with Crippen molar-refractivity contribution in [3.8, 4) is 0 Å². The molecule has 1 atom stereocenters. The Hall–Kier alpha value is -2.78. The zero-order valence-electron chi connectivity index (χ0n) is 17.1. The second-order valence-electron chi connectivity index (χ2n) is 7.75. The van der Waals surface area contributed by atoms with Gasteiger partial charge in [-0.25, -0.2) is 13.4 Å². The minimum absolute atomic E-state index is 0.0250. The number of aromatic nitrogens is 1. The van der Waals surface area contributed by atoms with Crippen molar-refractivity contribution in [3.05, 3.63) is 54.1 Å². The Balaban J connectivity index is 1.41. The van der Waals surface area contributed by atoms with Crippen molar-refractivity contribution in [1.82, 2.24) is 9.88 Å². The Kier molecular flexibility index (Phi) is 6.06. The van der Waals surface area contributed by atoms with E-state index in [0.29, 0.717) is 41.3 Å². The lowest BCUT2D eigenvalue weighted by molar-refractivity contribution is -0.133. The number of hydrogen-bond donors (Lipinski definition) is 1. The molecule has 162 valence electrons. The zero-order chi connectivity index (χ0) is 22.0. The molecule has 9 heteroatoms. The zero-order valence-corrected chi connectivity index (χ0v) is 18.7. The molecule has 1 saturated heterocycles. The summed E-state index contributed by atoms with van der Waals surface area (Å²) in [6, 6.07) is 14.3. The number of nitrogens with zero attached hydrogens (tertiary/aromatic N) is 2. The van der Waals surface area contributed by atoms with Gasteiger partial charge < -0.3 is 10.2 Å². The van der Waals surface area contributed by atoms with E-state index in [2.05, 4.69) is 10.3 Å². The largest absolute Gasteiger partial charge is 0.342 e. The predicted octanol–water partition coefficient (Wildman–Crippen LogP) is 3.12. The van der Waals surface area contributed by atoms with Gasteiger partial charge in [-0.15, -0.1) is 0 Å². The molecule has 0 radical (unpaired) electrons. The molecular formula is C22H23N3O4S2. The number of rotatable bonds is 5. The van der Waals surface area contributed by atoms with Crippen LogP contribution in [-0.4, -0.2) is 49.5 Å². The van der Waals surface area contributed by atoms with E-state index in [1.807, 2.05) is 30.3 Å². The van der Waals surface area contributed by atoms with E-state index >= 15 is 0 Å². The van der Waals surface area contributed by atoms with E-state index in [-0.39, 0.29) is 22.6 Å². The summed E-state index contributed by atoms with van der Waals surface area (Å²) in [5.41, 5.74) is 1.60. The van der Waals surface area contributed by atoms with Crippen molar-refractivity contribution in [1.29, 1.82) is 0 Å². The molecule has 1 aliphatic heterocycles. The lowest BCUT2D eigenvalue weighted by atomic mass is 9.96. The predicted molar refractivity (Wildman–Crippen MR) is 121 cm³/mol. The maximum absolute atomic E-state index is 12.8. The molecule has 0 spiro atoms. The minimum Gasteiger partial charge on any atom is -0.342 e. The molecule has 4 rings (SSSR count). The quantitative estimate of drug-likeness (QED) is 0.635. The van der Waals surface area contributed by atoms with Gasteiger partial charge in [0, 0.05) is 19.3 Å². The van der Waals surface area contributed by atoms with E-state index in [1.165, 1.54) is 17.4 Å². The summed E-state index contributed by atoms with van der Waals surface area (Å²) in [6.07, 6.45) is 2.97. The molecule has 2 amide bonds. The minimum atomic E-state index is -3.31. The Morgan fingerprint density at radius 3 is 2.71 bits per heavy atom. The summed E-state index contributed by atoms with van der Waals surface area (Å²) >= 11 is 1.24. The van der Waals surface area contributed by atoms with Gasteiger partial charge in [-0.05, 0) is 36.6 Å². The summed E-state index contributed by atoms with van der Waals surface area (Å²) in [6.45, 7) is 1.05. The molecule has 31 heavy (non-hydrogen) atoms. The van der Waals surface area contributed by atoms with Crippen LogP contribution in [0.2, 0.25) is 0 Å². The second kappa shape index (κ2) is 8.76. The van der Waals surface area contributed by atoms with Crippen LogP contribution in [0, 0.1) is 5.92 Å². The van der Waals surface area contributed by atoms with Crippen LogP contribution in [-0.2, 0) is 25.8 Å². The van der Waals surface area contributed by atoms with Crippen LogP contribution in [0.15, 0.2) is 53.4 Å². The summed E-state index contributed by atoms with van der Waals surface area (Å²) in [5, 5.41) is 3.28. The number of nitrogens with one attached hydrogen (secondary N) is 1. The molecule has 2 aromatic carbocycles. The molecule has 0 aliphatic carbocycles. The molecule has 2 heterocycles. The number of carbonyl (C=O) groups excluding carboxylic acids is 2. The van der Waals surface area contributed by atoms with Crippen LogP contribution in [0.4, 0.5) is 5.13 Å². The average Bonchev–Trinajstić information content (AvgIpc) is 3.15. The van der Waals surface area contributed by atoms with Gasteiger partial charge in [0.05, 0.1) is 27.5 Å². The number of piperidine rings is 1. The van der Waals surface area contributed by atoms with Gasteiger partial charge in [0.25, 0.3) is 0 Å².